The number of pyridine rings is 1. The van der Waals surface area contributed by atoms with Crippen LogP contribution in [0.1, 0.15) is 21.6 Å². The van der Waals surface area contributed by atoms with E-state index in [1.807, 2.05) is 6.92 Å². The molecular weight excluding hydrogens is 252 g/mol. The van der Waals surface area contributed by atoms with Crippen LogP contribution in [0.5, 0.6) is 0 Å². The number of aromatic nitrogens is 3. The van der Waals surface area contributed by atoms with Gasteiger partial charge in [-0.15, -0.1) is 0 Å². The van der Waals surface area contributed by atoms with Gasteiger partial charge < -0.3 is 4.90 Å². The van der Waals surface area contributed by atoms with E-state index in [-0.39, 0.29) is 5.91 Å². The molecule has 2 rings (SSSR count). The molecule has 0 radical (unpaired) electrons. The van der Waals surface area contributed by atoms with Gasteiger partial charge in [0.15, 0.2) is 0 Å². The average Bonchev–Trinajstić information content (AvgIpc) is 2.81. The smallest absolute Gasteiger partial charge is 0.256 e. The first kappa shape index (κ1) is 12.6. The van der Waals surface area contributed by atoms with Gasteiger partial charge in [-0.2, -0.15) is 5.10 Å². The van der Waals surface area contributed by atoms with Crippen molar-refractivity contribution in [1.29, 1.82) is 0 Å². The van der Waals surface area contributed by atoms with E-state index >= 15 is 0 Å². The summed E-state index contributed by atoms with van der Waals surface area (Å²) in [5.41, 5.74) is 2.13. The minimum absolute atomic E-state index is 0.159. The summed E-state index contributed by atoms with van der Waals surface area (Å²) >= 11 is 6.04. The number of hydrogen-bond donors (Lipinski definition) is 1. The van der Waals surface area contributed by atoms with Gasteiger partial charge >= 0.3 is 0 Å². The van der Waals surface area contributed by atoms with Gasteiger partial charge in [0.2, 0.25) is 0 Å². The van der Waals surface area contributed by atoms with Crippen molar-refractivity contribution in [3.63, 3.8) is 0 Å². The van der Waals surface area contributed by atoms with Crippen molar-refractivity contribution in [2.45, 2.75) is 13.5 Å². The molecule has 1 amide bonds. The molecule has 0 bridgehead atoms. The molecule has 0 fully saturated rings. The van der Waals surface area contributed by atoms with Crippen LogP contribution in [-0.2, 0) is 6.54 Å². The normalized spacial score (nSPS) is 10.4. The second kappa shape index (κ2) is 5.18. The molecule has 0 spiro atoms. The summed E-state index contributed by atoms with van der Waals surface area (Å²) in [4.78, 5) is 17.8. The third kappa shape index (κ3) is 2.68. The molecule has 0 unspecified atom stereocenters. The number of nitrogens with zero attached hydrogens (tertiary/aromatic N) is 3. The lowest BCUT2D eigenvalue weighted by Crippen LogP contribution is -2.26. The lowest BCUT2D eigenvalue weighted by molar-refractivity contribution is 0.0785. The van der Waals surface area contributed by atoms with Crippen LogP contribution in [0.15, 0.2) is 24.7 Å². The van der Waals surface area contributed by atoms with Crippen LogP contribution in [0.3, 0.4) is 0 Å². The van der Waals surface area contributed by atoms with Gasteiger partial charge in [-0.3, -0.25) is 14.9 Å². The van der Waals surface area contributed by atoms with E-state index in [0.29, 0.717) is 17.1 Å². The largest absolute Gasteiger partial charge is 0.337 e. The number of nitrogens with one attached hydrogen (secondary N) is 1. The highest BCUT2D eigenvalue weighted by atomic mass is 35.5. The van der Waals surface area contributed by atoms with Gasteiger partial charge in [-0.1, -0.05) is 11.6 Å². The molecule has 1 N–H and O–H groups in total. The van der Waals surface area contributed by atoms with Crippen LogP contribution in [0.2, 0.25) is 5.02 Å². The van der Waals surface area contributed by atoms with Gasteiger partial charge in [-0.05, 0) is 13.0 Å². The third-order valence-corrected chi connectivity index (χ3v) is 2.85. The Labute approximate surface area is 110 Å². The molecule has 6 heteroatoms. The maximum atomic E-state index is 12.2. The minimum Gasteiger partial charge on any atom is -0.337 e. The van der Waals surface area contributed by atoms with Crippen molar-refractivity contribution in [3.05, 3.63) is 46.5 Å². The van der Waals surface area contributed by atoms with Crippen LogP contribution in [0.4, 0.5) is 0 Å². The summed E-state index contributed by atoms with van der Waals surface area (Å²) in [7, 11) is 1.71. The summed E-state index contributed by atoms with van der Waals surface area (Å²) in [5, 5.41) is 6.96. The number of carbonyl (C=O) groups is 1. The number of hydrogen-bond acceptors (Lipinski definition) is 3. The minimum atomic E-state index is -0.159. The van der Waals surface area contributed by atoms with E-state index in [4.69, 9.17) is 11.6 Å². The lowest BCUT2D eigenvalue weighted by Gasteiger charge is -2.16. The zero-order valence-electron chi connectivity index (χ0n) is 10.1. The van der Waals surface area contributed by atoms with E-state index in [2.05, 4.69) is 15.2 Å². The standard InChI is InChI=1S/C12H13ClN4O/c1-8-3-11(13)10(6-14-8)12(18)17(2)7-9-4-15-16-5-9/h3-6H,7H2,1-2H3,(H,15,16). The number of rotatable bonds is 3. The van der Waals surface area contributed by atoms with Crippen molar-refractivity contribution < 1.29 is 4.79 Å². The SMILES string of the molecule is Cc1cc(Cl)c(C(=O)N(C)Cc2cn[nH]c2)cn1. The Morgan fingerprint density at radius 1 is 1.50 bits per heavy atom. The van der Waals surface area contributed by atoms with Gasteiger partial charge in [0.25, 0.3) is 5.91 Å². The van der Waals surface area contributed by atoms with Crippen LogP contribution in [-0.4, -0.2) is 33.0 Å². The van der Waals surface area contributed by atoms with Crippen molar-refractivity contribution in [3.8, 4) is 0 Å². The molecule has 0 aliphatic carbocycles. The van der Waals surface area contributed by atoms with Crippen LogP contribution < -0.4 is 0 Å². The molecule has 18 heavy (non-hydrogen) atoms. The predicted molar refractivity (Wildman–Crippen MR) is 68.4 cm³/mol. The fourth-order valence-corrected chi connectivity index (χ4v) is 1.89. The van der Waals surface area contributed by atoms with E-state index in [0.717, 1.165) is 11.3 Å². The Balaban J connectivity index is 2.15. The summed E-state index contributed by atoms with van der Waals surface area (Å²) in [6, 6.07) is 1.68. The number of halogens is 1. The van der Waals surface area contributed by atoms with E-state index < -0.39 is 0 Å². The first-order chi connectivity index (χ1) is 8.58. The highest BCUT2D eigenvalue weighted by Gasteiger charge is 2.16. The maximum absolute atomic E-state index is 12.2. The molecule has 2 aromatic heterocycles. The highest BCUT2D eigenvalue weighted by molar-refractivity contribution is 6.33. The Morgan fingerprint density at radius 2 is 2.28 bits per heavy atom. The number of carbonyl (C=O) groups excluding carboxylic acids is 1. The third-order valence-electron chi connectivity index (χ3n) is 2.54. The molecule has 5 nitrogen and oxygen atoms in total. The maximum Gasteiger partial charge on any atom is 0.256 e. The van der Waals surface area contributed by atoms with E-state index in [9.17, 15) is 4.79 Å². The zero-order chi connectivity index (χ0) is 13.1. The lowest BCUT2D eigenvalue weighted by atomic mass is 10.2. The van der Waals surface area contributed by atoms with Gasteiger partial charge in [0.1, 0.15) is 0 Å². The number of amides is 1. The molecule has 94 valence electrons. The second-order valence-corrected chi connectivity index (χ2v) is 4.48. The van der Waals surface area contributed by atoms with Crippen LogP contribution in [0.25, 0.3) is 0 Å². The Morgan fingerprint density at radius 3 is 2.89 bits per heavy atom. The van der Waals surface area contributed by atoms with Crippen molar-refractivity contribution in [2.24, 2.45) is 0 Å². The van der Waals surface area contributed by atoms with Gasteiger partial charge in [0.05, 0.1) is 16.8 Å². The molecule has 0 atom stereocenters. The first-order valence-electron chi connectivity index (χ1n) is 5.43. The fourth-order valence-electron chi connectivity index (χ4n) is 1.60. The second-order valence-electron chi connectivity index (χ2n) is 4.07. The van der Waals surface area contributed by atoms with Crippen LogP contribution >= 0.6 is 11.6 Å². The van der Waals surface area contributed by atoms with Gasteiger partial charge in [0, 0.05) is 37.2 Å². The molecule has 2 aromatic rings. The molecule has 0 saturated carbocycles. The van der Waals surface area contributed by atoms with E-state index in [1.165, 1.54) is 6.20 Å². The molecule has 0 aliphatic rings. The number of aryl methyl sites for hydroxylation is 1. The Hall–Kier alpha value is -1.88. The molecule has 0 saturated heterocycles. The number of aromatic amines is 1. The monoisotopic (exact) mass is 264 g/mol. The van der Waals surface area contributed by atoms with Crippen molar-refractivity contribution in [2.75, 3.05) is 7.05 Å². The van der Waals surface area contributed by atoms with Gasteiger partial charge in [-0.25, -0.2) is 0 Å². The predicted octanol–water partition coefficient (Wildman–Crippen LogP) is 2.04. The fraction of sp³-hybridized carbons (Fsp3) is 0.250. The molecular formula is C12H13ClN4O. The topological polar surface area (TPSA) is 61.9 Å². The average molecular weight is 265 g/mol. The zero-order valence-corrected chi connectivity index (χ0v) is 10.9. The summed E-state index contributed by atoms with van der Waals surface area (Å²) in [6.45, 7) is 2.30. The summed E-state index contributed by atoms with van der Waals surface area (Å²) < 4.78 is 0. The molecule has 0 aromatic carbocycles. The quantitative estimate of drug-likeness (QED) is 0.923. The van der Waals surface area contributed by atoms with Crippen LogP contribution in [0, 0.1) is 6.92 Å². The Kier molecular flexibility index (Phi) is 3.62. The van der Waals surface area contributed by atoms with E-state index in [1.54, 1.807) is 30.4 Å². The first-order valence-corrected chi connectivity index (χ1v) is 5.81. The van der Waals surface area contributed by atoms with Crippen molar-refractivity contribution >= 4 is 17.5 Å². The van der Waals surface area contributed by atoms with Crippen molar-refractivity contribution in [1.82, 2.24) is 20.1 Å². The highest BCUT2D eigenvalue weighted by Crippen LogP contribution is 2.18. The number of H-pyrrole nitrogens is 1. The molecule has 2 heterocycles. The Bertz CT molecular complexity index is 553. The summed E-state index contributed by atoms with van der Waals surface area (Å²) in [5.74, 6) is -0.159. The molecule has 0 aliphatic heterocycles. The summed E-state index contributed by atoms with van der Waals surface area (Å²) in [6.07, 6.45) is 4.93.